The van der Waals surface area contributed by atoms with Gasteiger partial charge in [0.15, 0.2) is 10.8 Å². The van der Waals surface area contributed by atoms with Gasteiger partial charge in [0.2, 0.25) is 5.91 Å². The number of carbonyl (C=O) groups is 1. The Kier molecular flexibility index (Phi) is 5.95. The lowest BCUT2D eigenvalue weighted by Crippen LogP contribution is -2.36. The number of fused-ring (bicyclic) bond motifs is 2. The number of amides is 1. The summed E-state index contributed by atoms with van der Waals surface area (Å²) in [5.74, 6) is -0.0900. The van der Waals surface area contributed by atoms with Crippen molar-refractivity contribution in [3.8, 4) is 5.69 Å². The number of carbonyl (C=O) groups excluding carboxylic acids is 1. The highest BCUT2D eigenvalue weighted by atomic mass is 35.5. The summed E-state index contributed by atoms with van der Waals surface area (Å²) in [5, 5.41) is 8.33. The van der Waals surface area contributed by atoms with Crippen LogP contribution in [0.2, 0.25) is 5.02 Å². The first-order valence-electron chi connectivity index (χ1n) is 10.8. The largest absolute Gasteiger partial charge is 0.348 e. The predicted octanol–water partition coefficient (Wildman–Crippen LogP) is 4.44. The molecule has 7 nitrogen and oxygen atoms in total. The molecule has 5 rings (SSSR count). The molecular formula is C24H22ClN5O2S. The molecule has 0 spiro atoms. The average Bonchev–Trinajstić information content (AvgIpc) is 3.24. The number of aromatic nitrogens is 4. The van der Waals surface area contributed by atoms with Gasteiger partial charge in [-0.2, -0.15) is 5.10 Å². The van der Waals surface area contributed by atoms with Crippen LogP contribution in [0.15, 0.2) is 64.7 Å². The third-order valence-corrected chi connectivity index (χ3v) is 7.03. The molecule has 2 atom stereocenters. The van der Waals surface area contributed by atoms with Crippen molar-refractivity contribution in [2.45, 2.75) is 42.6 Å². The number of nitrogens with zero attached hydrogens (tertiary/aromatic N) is 3. The van der Waals surface area contributed by atoms with E-state index >= 15 is 0 Å². The molecule has 2 aromatic carbocycles. The second-order valence-corrected chi connectivity index (χ2v) is 9.82. The van der Waals surface area contributed by atoms with E-state index in [4.69, 9.17) is 11.6 Å². The molecule has 0 fully saturated rings. The Balaban J connectivity index is 1.37. The van der Waals surface area contributed by atoms with Gasteiger partial charge in [0, 0.05) is 5.02 Å². The summed E-state index contributed by atoms with van der Waals surface area (Å²) < 4.78 is 1.57. The Morgan fingerprint density at radius 1 is 1.27 bits per heavy atom. The molecule has 9 heteroatoms. The van der Waals surface area contributed by atoms with E-state index in [0.29, 0.717) is 26.9 Å². The van der Waals surface area contributed by atoms with E-state index in [1.54, 1.807) is 16.8 Å². The van der Waals surface area contributed by atoms with E-state index in [0.717, 1.165) is 19.3 Å². The number of H-pyrrole nitrogens is 1. The zero-order valence-electron chi connectivity index (χ0n) is 17.9. The lowest BCUT2D eigenvalue weighted by atomic mass is 9.88. The maximum absolute atomic E-state index is 13.0. The molecule has 2 N–H and O–H groups in total. The van der Waals surface area contributed by atoms with Crippen LogP contribution in [0.4, 0.5) is 0 Å². The minimum atomic E-state index is -0.442. The molecule has 1 amide bonds. The van der Waals surface area contributed by atoms with Crippen LogP contribution in [-0.4, -0.2) is 30.9 Å². The van der Waals surface area contributed by atoms with Crippen molar-refractivity contribution in [2.75, 3.05) is 0 Å². The fraction of sp³-hybridized carbons (Fsp3) is 0.250. The van der Waals surface area contributed by atoms with E-state index in [2.05, 4.69) is 32.5 Å². The van der Waals surface area contributed by atoms with Gasteiger partial charge in [0.25, 0.3) is 5.56 Å². The average molecular weight is 480 g/mol. The maximum atomic E-state index is 13.0. The first-order valence-corrected chi connectivity index (χ1v) is 12.0. The third-order valence-electron chi connectivity index (χ3n) is 5.81. The number of benzene rings is 2. The number of hydrogen-bond donors (Lipinski definition) is 2. The van der Waals surface area contributed by atoms with E-state index in [1.807, 2.05) is 31.2 Å². The summed E-state index contributed by atoms with van der Waals surface area (Å²) >= 11 is 7.33. The molecule has 1 aliphatic rings. The Morgan fingerprint density at radius 2 is 2.12 bits per heavy atom. The summed E-state index contributed by atoms with van der Waals surface area (Å²) in [7, 11) is 0. The van der Waals surface area contributed by atoms with Crippen LogP contribution in [0.1, 0.15) is 36.9 Å². The zero-order valence-corrected chi connectivity index (χ0v) is 19.5. The van der Waals surface area contributed by atoms with Gasteiger partial charge in [-0.15, -0.1) is 0 Å². The van der Waals surface area contributed by atoms with Crippen LogP contribution in [0.25, 0.3) is 16.7 Å². The molecule has 33 heavy (non-hydrogen) atoms. The van der Waals surface area contributed by atoms with Crippen LogP contribution < -0.4 is 10.9 Å². The van der Waals surface area contributed by atoms with Gasteiger partial charge in [0.1, 0.15) is 5.39 Å². The van der Waals surface area contributed by atoms with Crippen LogP contribution in [0, 0.1) is 0 Å². The number of rotatable bonds is 5. The second-order valence-electron chi connectivity index (χ2n) is 8.06. The molecule has 0 bridgehead atoms. The zero-order chi connectivity index (χ0) is 22.9. The molecular weight excluding hydrogens is 458 g/mol. The molecule has 0 radical (unpaired) electrons. The number of hydrogen-bond acceptors (Lipinski definition) is 5. The molecule has 0 saturated heterocycles. The standard InChI is InChI=1S/C24H22ClN5O2S/c1-14(22(31)27-20-11-4-7-15-6-2-3-10-18(15)20)33-24-28-21-19(23(32)29-24)13-26-30(21)17-9-5-8-16(25)12-17/h2-3,5-6,8-10,12-14,20H,4,7,11H2,1H3,(H,27,31)(H,28,29,32). The molecule has 2 heterocycles. The number of aromatic amines is 1. The molecule has 168 valence electrons. The van der Waals surface area contributed by atoms with E-state index in [9.17, 15) is 9.59 Å². The Morgan fingerprint density at radius 3 is 2.97 bits per heavy atom. The topological polar surface area (TPSA) is 92.7 Å². The number of halogens is 1. The monoisotopic (exact) mass is 479 g/mol. The predicted molar refractivity (Wildman–Crippen MR) is 130 cm³/mol. The van der Waals surface area contributed by atoms with Crippen molar-refractivity contribution in [2.24, 2.45) is 0 Å². The van der Waals surface area contributed by atoms with Gasteiger partial charge in [-0.05, 0) is 55.5 Å². The summed E-state index contributed by atoms with van der Waals surface area (Å²) in [4.78, 5) is 33.0. The molecule has 0 aliphatic heterocycles. The summed E-state index contributed by atoms with van der Waals surface area (Å²) in [6.45, 7) is 1.81. The van der Waals surface area contributed by atoms with E-state index in [1.165, 1.54) is 29.1 Å². The van der Waals surface area contributed by atoms with Crippen molar-refractivity contribution in [1.29, 1.82) is 0 Å². The highest BCUT2D eigenvalue weighted by Crippen LogP contribution is 2.30. The molecule has 2 aromatic heterocycles. The number of aryl methyl sites for hydroxylation is 1. The highest BCUT2D eigenvalue weighted by Gasteiger charge is 2.25. The van der Waals surface area contributed by atoms with Crippen LogP contribution in [0.5, 0.6) is 0 Å². The SMILES string of the molecule is CC(Sc1nc2c(cnn2-c2cccc(Cl)c2)c(=O)[nH]1)C(=O)NC1CCCc2ccccc21. The van der Waals surface area contributed by atoms with E-state index in [-0.39, 0.29) is 17.5 Å². The van der Waals surface area contributed by atoms with Gasteiger partial charge in [-0.1, -0.05) is 53.7 Å². The van der Waals surface area contributed by atoms with Gasteiger partial charge >= 0.3 is 0 Å². The molecule has 1 aliphatic carbocycles. The van der Waals surface area contributed by atoms with Gasteiger partial charge in [-0.25, -0.2) is 9.67 Å². The van der Waals surface area contributed by atoms with Crippen molar-refractivity contribution in [1.82, 2.24) is 25.1 Å². The van der Waals surface area contributed by atoms with Crippen molar-refractivity contribution >= 4 is 40.3 Å². The van der Waals surface area contributed by atoms with Gasteiger partial charge < -0.3 is 10.3 Å². The molecule has 2 unspecified atom stereocenters. The lowest BCUT2D eigenvalue weighted by Gasteiger charge is -2.27. The summed E-state index contributed by atoms with van der Waals surface area (Å²) in [6.07, 6.45) is 4.48. The van der Waals surface area contributed by atoms with Crippen molar-refractivity contribution in [3.05, 3.63) is 81.2 Å². The van der Waals surface area contributed by atoms with Crippen LogP contribution in [0.3, 0.4) is 0 Å². The van der Waals surface area contributed by atoms with Gasteiger partial charge in [-0.3, -0.25) is 9.59 Å². The first-order chi connectivity index (χ1) is 16.0. The van der Waals surface area contributed by atoms with Gasteiger partial charge in [0.05, 0.1) is 23.2 Å². The quantitative estimate of drug-likeness (QED) is 0.326. The highest BCUT2D eigenvalue weighted by molar-refractivity contribution is 8.00. The second kappa shape index (κ2) is 9.03. The van der Waals surface area contributed by atoms with Crippen LogP contribution in [-0.2, 0) is 11.2 Å². The Bertz CT molecular complexity index is 1400. The minimum absolute atomic E-state index is 0.00393. The van der Waals surface area contributed by atoms with Crippen molar-refractivity contribution < 1.29 is 4.79 Å². The van der Waals surface area contributed by atoms with E-state index < -0.39 is 5.25 Å². The lowest BCUT2D eigenvalue weighted by molar-refractivity contribution is -0.121. The molecule has 4 aromatic rings. The van der Waals surface area contributed by atoms with Crippen molar-refractivity contribution in [3.63, 3.8) is 0 Å². The van der Waals surface area contributed by atoms with Crippen LogP contribution >= 0.6 is 23.4 Å². The maximum Gasteiger partial charge on any atom is 0.262 e. The Labute approximate surface area is 199 Å². The minimum Gasteiger partial charge on any atom is -0.348 e. The Hall–Kier alpha value is -3.10. The normalized spacial score (nSPS) is 16.4. The third kappa shape index (κ3) is 4.41. The smallest absolute Gasteiger partial charge is 0.262 e. The fourth-order valence-corrected chi connectivity index (χ4v) is 5.15. The summed E-state index contributed by atoms with van der Waals surface area (Å²) in [5.41, 5.74) is 3.29. The molecule has 0 saturated carbocycles. The summed E-state index contributed by atoms with van der Waals surface area (Å²) in [6, 6.07) is 15.4. The first kappa shape index (κ1) is 21.7. The fourth-order valence-electron chi connectivity index (χ4n) is 4.16. The number of thioether (sulfide) groups is 1. The number of nitrogens with one attached hydrogen (secondary N) is 2.